The summed E-state index contributed by atoms with van der Waals surface area (Å²) < 4.78 is 1.15. The van der Waals surface area contributed by atoms with Crippen molar-refractivity contribution in [3.8, 4) is 0 Å². The quantitative estimate of drug-likeness (QED) is 0.558. The van der Waals surface area contributed by atoms with Crippen molar-refractivity contribution in [3.63, 3.8) is 0 Å². The minimum absolute atomic E-state index is 0.863. The molecule has 0 unspecified atom stereocenters. The van der Waals surface area contributed by atoms with Gasteiger partial charge in [-0.25, -0.2) is 0 Å². The third-order valence-electron chi connectivity index (χ3n) is 2.32. The van der Waals surface area contributed by atoms with Crippen molar-refractivity contribution in [2.24, 2.45) is 0 Å². The fraction of sp³-hybridized carbons (Fsp3) is 0.143. The molecule has 0 saturated heterocycles. The number of nitrogens with one attached hydrogen (secondary N) is 1. The van der Waals surface area contributed by atoms with Gasteiger partial charge in [-0.2, -0.15) is 0 Å². The van der Waals surface area contributed by atoms with Gasteiger partial charge in [0.25, 0.3) is 0 Å². The maximum Gasteiger partial charge on any atom is 0.0494 e. The second-order valence-corrected chi connectivity index (χ2v) is 6.65. The van der Waals surface area contributed by atoms with E-state index in [1.165, 1.54) is 15.5 Å². The first-order valence-electron chi connectivity index (χ1n) is 5.59. The summed E-state index contributed by atoms with van der Waals surface area (Å²) in [6, 6.07) is 10.5. The van der Waals surface area contributed by atoms with Crippen LogP contribution < -0.4 is 5.32 Å². The lowest BCUT2D eigenvalue weighted by molar-refractivity contribution is 1.17. The Morgan fingerprint density at radius 2 is 2.22 bits per heavy atom. The molecule has 2 rings (SSSR count). The lowest BCUT2D eigenvalue weighted by atomic mass is 10.3. The van der Waals surface area contributed by atoms with Crippen LogP contribution in [-0.2, 0) is 6.54 Å². The Hall–Kier alpha value is -0.710. The van der Waals surface area contributed by atoms with Crippen LogP contribution in [0.3, 0.4) is 0 Å². The van der Waals surface area contributed by atoms with E-state index in [1.54, 1.807) is 23.1 Å². The molecule has 1 heterocycles. The largest absolute Gasteiger partial charge is 0.379 e. The zero-order valence-corrected chi connectivity index (χ0v) is 13.1. The normalized spacial score (nSPS) is 10.3. The summed E-state index contributed by atoms with van der Waals surface area (Å²) in [6.07, 6.45) is 1.93. The van der Waals surface area contributed by atoms with Crippen LogP contribution >= 0.6 is 39.0 Å². The number of rotatable bonds is 6. The lowest BCUT2D eigenvalue weighted by Gasteiger charge is -2.10. The third kappa shape index (κ3) is 3.90. The number of thioether (sulfide) groups is 1. The second-order valence-electron chi connectivity index (χ2n) is 3.68. The molecule has 0 amide bonds. The molecular formula is C14H14BrNS2. The monoisotopic (exact) mass is 339 g/mol. The summed E-state index contributed by atoms with van der Waals surface area (Å²) in [5.41, 5.74) is 1.19. The van der Waals surface area contributed by atoms with Gasteiger partial charge in [-0.05, 0) is 34.1 Å². The molecule has 0 aliphatic rings. The molecule has 1 N–H and O–H groups in total. The third-order valence-corrected chi connectivity index (χ3v) is 5.09. The van der Waals surface area contributed by atoms with Crippen molar-refractivity contribution < 1.29 is 0 Å². The van der Waals surface area contributed by atoms with Gasteiger partial charge in [0.05, 0.1) is 0 Å². The van der Waals surface area contributed by atoms with Crippen molar-refractivity contribution in [2.45, 2.75) is 11.4 Å². The van der Waals surface area contributed by atoms with Crippen LogP contribution in [0.2, 0.25) is 0 Å². The smallest absolute Gasteiger partial charge is 0.0494 e. The first-order valence-corrected chi connectivity index (χ1v) is 8.25. The van der Waals surface area contributed by atoms with E-state index in [0.29, 0.717) is 0 Å². The van der Waals surface area contributed by atoms with Gasteiger partial charge < -0.3 is 5.32 Å². The molecule has 1 aromatic heterocycles. The average Bonchev–Trinajstić information content (AvgIpc) is 2.81. The molecule has 0 saturated carbocycles. The van der Waals surface area contributed by atoms with E-state index in [9.17, 15) is 0 Å². The molecule has 0 spiro atoms. The molecule has 94 valence electrons. The van der Waals surface area contributed by atoms with Crippen LogP contribution in [-0.4, -0.2) is 5.75 Å². The van der Waals surface area contributed by atoms with Gasteiger partial charge >= 0.3 is 0 Å². The lowest BCUT2D eigenvalue weighted by Crippen LogP contribution is -1.98. The van der Waals surface area contributed by atoms with Gasteiger partial charge in [0.2, 0.25) is 0 Å². The number of halogens is 1. The Labute approximate surface area is 124 Å². The molecule has 1 aromatic carbocycles. The van der Waals surface area contributed by atoms with E-state index in [2.05, 4.69) is 63.5 Å². The zero-order chi connectivity index (χ0) is 12.8. The number of hydrogen-bond donors (Lipinski definition) is 1. The highest BCUT2D eigenvalue weighted by Gasteiger charge is 2.02. The highest BCUT2D eigenvalue weighted by Crippen LogP contribution is 2.28. The number of hydrogen-bond acceptors (Lipinski definition) is 3. The van der Waals surface area contributed by atoms with E-state index in [0.717, 1.165) is 16.8 Å². The Kier molecular flexibility index (Phi) is 5.35. The van der Waals surface area contributed by atoms with Crippen molar-refractivity contribution >= 4 is 44.7 Å². The fourth-order valence-electron chi connectivity index (χ4n) is 1.52. The number of para-hydroxylation sites is 1. The van der Waals surface area contributed by atoms with E-state index in [4.69, 9.17) is 0 Å². The summed E-state index contributed by atoms with van der Waals surface area (Å²) in [7, 11) is 0. The molecule has 4 heteroatoms. The topological polar surface area (TPSA) is 12.0 Å². The number of thiophene rings is 1. The summed E-state index contributed by atoms with van der Waals surface area (Å²) in [5.74, 6) is 0.934. The molecule has 1 nitrogen and oxygen atoms in total. The van der Waals surface area contributed by atoms with Gasteiger partial charge in [-0.15, -0.1) is 29.7 Å². The highest BCUT2D eigenvalue weighted by atomic mass is 79.9. The van der Waals surface area contributed by atoms with Gasteiger partial charge in [0, 0.05) is 37.6 Å². The Morgan fingerprint density at radius 3 is 2.94 bits per heavy atom. The maximum absolute atomic E-state index is 3.76. The molecule has 2 aromatic rings. The van der Waals surface area contributed by atoms with E-state index in [-0.39, 0.29) is 0 Å². The summed E-state index contributed by atoms with van der Waals surface area (Å²) in [4.78, 5) is 2.60. The van der Waals surface area contributed by atoms with Crippen LogP contribution in [0.4, 0.5) is 5.69 Å². The summed E-state index contributed by atoms with van der Waals surface area (Å²) >= 11 is 7.04. The molecule has 0 fully saturated rings. The molecule has 0 aliphatic carbocycles. The molecule has 0 bridgehead atoms. The predicted octanol–water partition coefficient (Wildman–Crippen LogP) is 5.40. The first-order chi connectivity index (χ1) is 8.79. The second kappa shape index (κ2) is 7.02. The van der Waals surface area contributed by atoms with Crippen molar-refractivity contribution in [2.75, 3.05) is 11.1 Å². The predicted molar refractivity (Wildman–Crippen MR) is 86.7 cm³/mol. The van der Waals surface area contributed by atoms with Crippen LogP contribution in [0, 0.1) is 0 Å². The highest BCUT2D eigenvalue weighted by molar-refractivity contribution is 9.10. The van der Waals surface area contributed by atoms with Crippen LogP contribution in [0.5, 0.6) is 0 Å². The first kappa shape index (κ1) is 13.7. The minimum atomic E-state index is 0.863. The standard InChI is InChI=1S/C14H14BrNS2/c1-2-7-17-14-6-4-3-5-13(14)16-9-12-8-11(15)10-18-12/h2-6,8,10,16H,1,7,9H2. The van der Waals surface area contributed by atoms with Crippen LogP contribution in [0.25, 0.3) is 0 Å². The van der Waals surface area contributed by atoms with Crippen molar-refractivity contribution in [1.82, 2.24) is 0 Å². The van der Waals surface area contributed by atoms with Gasteiger partial charge in [-0.1, -0.05) is 18.2 Å². The van der Waals surface area contributed by atoms with E-state index in [1.807, 2.05) is 6.08 Å². The van der Waals surface area contributed by atoms with Crippen LogP contribution in [0.1, 0.15) is 4.88 Å². The van der Waals surface area contributed by atoms with Crippen molar-refractivity contribution in [3.05, 3.63) is 57.7 Å². The number of benzene rings is 1. The molecule has 18 heavy (non-hydrogen) atoms. The Bertz CT molecular complexity index is 522. The van der Waals surface area contributed by atoms with E-state index < -0.39 is 0 Å². The summed E-state index contributed by atoms with van der Waals surface area (Å²) in [5, 5.41) is 5.59. The average molecular weight is 340 g/mol. The van der Waals surface area contributed by atoms with Gasteiger partial charge in [0.1, 0.15) is 0 Å². The minimum Gasteiger partial charge on any atom is -0.379 e. The van der Waals surface area contributed by atoms with E-state index >= 15 is 0 Å². The van der Waals surface area contributed by atoms with Gasteiger partial charge in [-0.3, -0.25) is 0 Å². The number of anilines is 1. The molecule has 0 atom stereocenters. The van der Waals surface area contributed by atoms with Crippen molar-refractivity contribution in [1.29, 1.82) is 0 Å². The Morgan fingerprint density at radius 1 is 1.39 bits per heavy atom. The fourth-order valence-corrected chi connectivity index (χ4v) is 3.67. The molecular weight excluding hydrogens is 326 g/mol. The Balaban J connectivity index is 2.01. The SMILES string of the molecule is C=CCSc1ccccc1NCc1cc(Br)cs1. The zero-order valence-electron chi connectivity index (χ0n) is 9.86. The van der Waals surface area contributed by atoms with Gasteiger partial charge in [0.15, 0.2) is 0 Å². The maximum atomic E-state index is 3.76. The molecule has 0 radical (unpaired) electrons. The molecule has 0 aliphatic heterocycles. The summed E-state index contributed by atoms with van der Waals surface area (Å²) in [6.45, 7) is 4.62. The van der Waals surface area contributed by atoms with Crippen LogP contribution in [0.15, 0.2) is 57.7 Å².